The number of carbonyl (C=O) groups is 1. The highest BCUT2D eigenvalue weighted by Crippen LogP contribution is 2.41. The van der Waals surface area contributed by atoms with Crippen molar-refractivity contribution in [1.29, 1.82) is 0 Å². The standard InChI is InChI=1S/C16H24N2O/c1-3-12(2)13-6-8-14(9-7-13)16(15(19)18-17)10-4-5-11-16/h6-9,12H,3-5,10-11,17H2,1-2H3,(H,18,19). The molecule has 1 fully saturated rings. The molecular weight excluding hydrogens is 236 g/mol. The maximum Gasteiger partial charge on any atom is 0.244 e. The summed E-state index contributed by atoms with van der Waals surface area (Å²) in [6.07, 6.45) is 5.13. The number of hydrazine groups is 1. The zero-order valence-electron chi connectivity index (χ0n) is 11.9. The molecule has 0 heterocycles. The Hall–Kier alpha value is -1.35. The van der Waals surface area contributed by atoms with Crippen LogP contribution in [0.25, 0.3) is 0 Å². The van der Waals surface area contributed by atoms with Crippen molar-refractivity contribution in [1.82, 2.24) is 5.43 Å². The average molecular weight is 260 g/mol. The maximum absolute atomic E-state index is 12.2. The Morgan fingerprint density at radius 2 is 1.89 bits per heavy atom. The van der Waals surface area contributed by atoms with Crippen molar-refractivity contribution >= 4 is 5.91 Å². The second-order valence-corrected chi connectivity index (χ2v) is 5.69. The fourth-order valence-corrected chi connectivity index (χ4v) is 3.13. The lowest BCUT2D eigenvalue weighted by atomic mass is 9.77. The van der Waals surface area contributed by atoms with Crippen LogP contribution in [0.4, 0.5) is 0 Å². The molecule has 3 heteroatoms. The molecule has 0 bridgehead atoms. The number of hydrogen-bond acceptors (Lipinski definition) is 2. The number of rotatable bonds is 4. The van der Waals surface area contributed by atoms with Crippen molar-refractivity contribution < 1.29 is 4.79 Å². The molecule has 3 nitrogen and oxygen atoms in total. The second kappa shape index (κ2) is 5.74. The Balaban J connectivity index is 2.31. The number of carbonyl (C=O) groups excluding carboxylic acids is 1. The molecule has 0 radical (unpaired) electrons. The van der Waals surface area contributed by atoms with Crippen molar-refractivity contribution in [2.45, 2.75) is 57.3 Å². The van der Waals surface area contributed by atoms with Gasteiger partial charge in [-0.3, -0.25) is 10.2 Å². The second-order valence-electron chi connectivity index (χ2n) is 5.69. The minimum absolute atomic E-state index is 0.0405. The highest BCUT2D eigenvalue weighted by atomic mass is 16.2. The molecule has 19 heavy (non-hydrogen) atoms. The van der Waals surface area contributed by atoms with Crippen LogP contribution >= 0.6 is 0 Å². The summed E-state index contributed by atoms with van der Waals surface area (Å²) in [6, 6.07) is 8.55. The first-order chi connectivity index (χ1) is 9.14. The average Bonchev–Trinajstić information content (AvgIpc) is 2.96. The molecule has 1 aliphatic carbocycles. The number of benzene rings is 1. The van der Waals surface area contributed by atoms with E-state index < -0.39 is 5.41 Å². The van der Waals surface area contributed by atoms with Gasteiger partial charge in [-0.2, -0.15) is 0 Å². The van der Waals surface area contributed by atoms with Gasteiger partial charge >= 0.3 is 0 Å². The van der Waals surface area contributed by atoms with Gasteiger partial charge in [0.05, 0.1) is 5.41 Å². The van der Waals surface area contributed by atoms with Crippen molar-refractivity contribution in [3.05, 3.63) is 35.4 Å². The molecule has 3 N–H and O–H groups in total. The summed E-state index contributed by atoms with van der Waals surface area (Å²) in [5.41, 5.74) is 4.41. The molecule has 0 aliphatic heterocycles. The summed E-state index contributed by atoms with van der Waals surface area (Å²) in [6.45, 7) is 4.42. The number of nitrogens with one attached hydrogen (secondary N) is 1. The molecule has 1 aromatic carbocycles. The molecule has 0 saturated heterocycles. The zero-order chi connectivity index (χ0) is 13.9. The quantitative estimate of drug-likeness (QED) is 0.497. The molecule has 1 aliphatic rings. The predicted molar refractivity (Wildman–Crippen MR) is 77.6 cm³/mol. The van der Waals surface area contributed by atoms with E-state index in [9.17, 15) is 4.79 Å². The van der Waals surface area contributed by atoms with E-state index in [1.807, 2.05) is 0 Å². The minimum atomic E-state index is -0.400. The van der Waals surface area contributed by atoms with Gasteiger partial charge in [0.1, 0.15) is 0 Å². The van der Waals surface area contributed by atoms with E-state index in [1.165, 1.54) is 5.56 Å². The number of nitrogens with two attached hydrogens (primary N) is 1. The molecule has 1 unspecified atom stereocenters. The number of hydrogen-bond donors (Lipinski definition) is 2. The van der Waals surface area contributed by atoms with Crippen LogP contribution in [0, 0.1) is 0 Å². The first kappa shape index (κ1) is 14.1. The van der Waals surface area contributed by atoms with Crippen molar-refractivity contribution in [2.75, 3.05) is 0 Å². The summed E-state index contributed by atoms with van der Waals surface area (Å²) < 4.78 is 0. The SMILES string of the molecule is CCC(C)c1ccc(C2(C(=O)NN)CCCC2)cc1. The van der Waals surface area contributed by atoms with E-state index in [2.05, 4.69) is 43.5 Å². The summed E-state index contributed by atoms with van der Waals surface area (Å²) in [5.74, 6) is 5.90. The lowest BCUT2D eigenvalue weighted by Crippen LogP contribution is -2.45. The van der Waals surface area contributed by atoms with E-state index in [-0.39, 0.29) is 5.91 Å². The molecule has 0 spiro atoms. The van der Waals surface area contributed by atoms with Crippen molar-refractivity contribution in [3.8, 4) is 0 Å². The van der Waals surface area contributed by atoms with Gasteiger partial charge in [-0.05, 0) is 36.3 Å². The van der Waals surface area contributed by atoms with Gasteiger partial charge in [-0.15, -0.1) is 0 Å². The smallest absolute Gasteiger partial charge is 0.244 e. The van der Waals surface area contributed by atoms with Gasteiger partial charge in [0.15, 0.2) is 0 Å². The van der Waals surface area contributed by atoms with Crippen LogP contribution < -0.4 is 11.3 Å². The summed E-state index contributed by atoms with van der Waals surface area (Å²) in [5, 5.41) is 0. The Morgan fingerprint density at radius 3 is 2.37 bits per heavy atom. The van der Waals surface area contributed by atoms with E-state index in [4.69, 9.17) is 5.84 Å². The summed E-state index contributed by atoms with van der Waals surface area (Å²) in [4.78, 5) is 12.2. The minimum Gasteiger partial charge on any atom is -0.293 e. The van der Waals surface area contributed by atoms with E-state index >= 15 is 0 Å². The monoisotopic (exact) mass is 260 g/mol. The van der Waals surface area contributed by atoms with E-state index in [0.29, 0.717) is 5.92 Å². The fraction of sp³-hybridized carbons (Fsp3) is 0.562. The third-order valence-electron chi connectivity index (χ3n) is 4.67. The normalized spacial score (nSPS) is 19.1. The number of amides is 1. The lowest BCUT2D eigenvalue weighted by Gasteiger charge is -2.27. The topological polar surface area (TPSA) is 55.1 Å². The highest BCUT2D eigenvalue weighted by Gasteiger charge is 2.42. The molecular formula is C16H24N2O. The van der Waals surface area contributed by atoms with Gasteiger partial charge < -0.3 is 0 Å². The molecule has 1 aromatic rings. The molecule has 1 amide bonds. The van der Waals surface area contributed by atoms with Crippen LogP contribution in [-0.4, -0.2) is 5.91 Å². The van der Waals surface area contributed by atoms with Gasteiger partial charge in [-0.25, -0.2) is 5.84 Å². The third kappa shape index (κ3) is 2.52. The van der Waals surface area contributed by atoms with Crippen LogP contribution in [0.2, 0.25) is 0 Å². The van der Waals surface area contributed by atoms with Crippen molar-refractivity contribution in [3.63, 3.8) is 0 Å². The van der Waals surface area contributed by atoms with Gasteiger partial charge in [-0.1, -0.05) is 51.0 Å². The predicted octanol–water partition coefficient (Wildman–Crippen LogP) is 3.00. The third-order valence-corrected chi connectivity index (χ3v) is 4.67. The van der Waals surface area contributed by atoms with E-state index in [0.717, 1.165) is 37.7 Å². The van der Waals surface area contributed by atoms with Crippen molar-refractivity contribution in [2.24, 2.45) is 5.84 Å². The van der Waals surface area contributed by atoms with Crippen LogP contribution in [0.1, 0.15) is 63.0 Å². The molecule has 104 valence electrons. The Morgan fingerprint density at radius 1 is 1.32 bits per heavy atom. The molecule has 1 saturated carbocycles. The summed E-state index contributed by atoms with van der Waals surface area (Å²) >= 11 is 0. The Kier molecular flexibility index (Phi) is 4.25. The Labute approximate surface area is 115 Å². The van der Waals surface area contributed by atoms with Crippen LogP contribution in [-0.2, 0) is 10.2 Å². The molecule has 1 atom stereocenters. The zero-order valence-corrected chi connectivity index (χ0v) is 11.9. The summed E-state index contributed by atoms with van der Waals surface area (Å²) in [7, 11) is 0. The van der Waals surface area contributed by atoms with Crippen LogP contribution in [0.5, 0.6) is 0 Å². The molecule has 0 aromatic heterocycles. The first-order valence-corrected chi connectivity index (χ1v) is 7.25. The fourth-order valence-electron chi connectivity index (χ4n) is 3.13. The largest absolute Gasteiger partial charge is 0.293 e. The van der Waals surface area contributed by atoms with Gasteiger partial charge in [0, 0.05) is 0 Å². The Bertz CT molecular complexity index is 433. The van der Waals surface area contributed by atoms with E-state index in [1.54, 1.807) is 0 Å². The van der Waals surface area contributed by atoms with Gasteiger partial charge in [0.25, 0.3) is 0 Å². The maximum atomic E-state index is 12.2. The first-order valence-electron chi connectivity index (χ1n) is 7.25. The molecule has 2 rings (SSSR count). The van der Waals surface area contributed by atoms with Gasteiger partial charge in [0.2, 0.25) is 5.91 Å². The van der Waals surface area contributed by atoms with Crippen LogP contribution in [0.15, 0.2) is 24.3 Å². The lowest BCUT2D eigenvalue weighted by molar-refractivity contribution is -0.126. The van der Waals surface area contributed by atoms with Crippen LogP contribution in [0.3, 0.4) is 0 Å². The highest BCUT2D eigenvalue weighted by molar-refractivity contribution is 5.88.